The largest absolute Gasteiger partial charge is 0.274 e. The Balaban J connectivity index is 1.56. The van der Waals surface area contributed by atoms with Crippen molar-refractivity contribution < 1.29 is 0 Å². The van der Waals surface area contributed by atoms with E-state index >= 15 is 0 Å². The molecule has 0 spiro atoms. The van der Waals surface area contributed by atoms with Gasteiger partial charge in [0.05, 0.1) is 11.3 Å². The molecule has 0 amide bonds. The molecule has 0 saturated carbocycles. The molecule has 0 unspecified atom stereocenters. The first-order valence-corrected chi connectivity index (χ1v) is 9.27. The number of aromatic amines is 1. The highest BCUT2D eigenvalue weighted by Gasteiger charge is 2.14. The van der Waals surface area contributed by atoms with E-state index in [2.05, 4.69) is 25.1 Å². The van der Waals surface area contributed by atoms with Gasteiger partial charge in [-0.05, 0) is 26.0 Å². The molecule has 0 radical (unpaired) electrons. The number of benzene rings is 1. The van der Waals surface area contributed by atoms with Crippen molar-refractivity contribution >= 4 is 34.1 Å². The van der Waals surface area contributed by atoms with E-state index in [4.69, 9.17) is 4.98 Å². The smallest absolute Gasteiger partial charge is 0.274 e. The van der Waals surface area contributed by atoms with Gasteiger partial charge in [0.1, 0.15) is 11.6 Å². The lowest BCUT2D eigenvalue weighted by Crippen LogP contribution is -2.14. The fourth-order valence-electron chi connectivity index (χ4n) is 2.96. The normalized spacial score (nSPS) is 11.8. The third kappa shape index (κ3) is 2.65. The van der Waals surface area contributed by atoms with E-state index in [0.717, 1.165) is 16.6 Å². The SMILES string of the molecule is Cc1cc(=O)n2[nH]c(CSc3nc4ccccc4c4nc(C)nn34)nc2n1. The van der Waals surface area contributed by atoms with Gasteiger partial charge in [0.15, 0.2) is 10.8 Å². The minimum atomic E-state index is -0.181. The maximum atomic E-state index is 12.0. The van der Waals surface area contributed by atoms with Crippen molar-refractivity contribution in [1.29, 1.82) is 0 Å². The van der Waals surface area contributed by atoms with Crippen molar-refractivity contribution in [2.75, 3.05) is 0 Å². The molecular formula is C17H14N8OS. The van der Waals surface area contributed by atoms with E-state index in [1.54, 1.807) is 11.4 Å². The molecule has 4 aromatic heterocycles. The summed E-state index contributed by atoms with van der Waals surface area (Å²) in [5.41, 5.74) is 2.10. The molecular weight excluding hydrogens is 364 g/mol. The molecule has 1 N–H and O–H groups in total. The van der Waals surface area contributed by atoms with Crippen LogP contribution in [0, 0.1) is 13.8 Å². The Morgan fingerprint density at radius 3 is 2.85 bits per heavy atom. The number of aryl methyl sites for hydroxylation is 2. The van der Waals surface area contributed by atoms with Gasteiger partial charge in [-0.2, -0.15) is 14.0 Å². The third-order valence-corrected chi connectivity index (χ3v) is 5.04. The molecule has 0 aliphatic carbocycles. The van der Waals surface area contributed by atoms with Gasteiger partial charge >= 0.3 is 0 Å². The average Bonchev–Trinajstić information content (AvgIpc) is 3.23. The lowest BCUT2D eigenvalue weighted by atomic mass is 10.2. The third-order valence-electron chi connectivity index (χ3n) is 4.10. The Kier molecular flexibility index (Phi) is 3.47. The Morgan fingerprint density at radius 2 is 1.96 bits per heavy atom. The van der Waals surface area contributed by atoms with Gasteiger partial charge in [-0.25, -0.2) is 15.0 Å². The van der Waals surface area contributed by atoms with Gasteiger partial charge in [0.2, 0.25) is 0 Å². The number of aromatic nitrogens is 8. The first kappa shape index (κ1) is 15.9. The van der Waals surface area contributed by atoms with Crippen LogP contribution in [0.3, 0.4) is 0 Å². The van der Waals surface area contributed by atoms with Crippen molar-refractivity contribution in [1.82, 2.24) is 39.2 Å². The number of hydrogen-bond acceptors (Lipinski definition) is 7. The summed E-state index contributed by atoms with van der Waals surface area (Å²) in [6, 6.07) is 9.32. The minimum Gasteiger partial charge on any atom is -0.274 e. The average molecular weight is 378 g/mol. The van der Waals surface area contributed by atoms with Crippen LogP contribution in [0.1, 0.15) is 17.3 Å². The standard InChI is InChI=1S/C17H14N8OS/c1-9-7-14(26)24-16(18-9)21-13(23-24)8-27-17-20-12-6-4-3-5-11(12)15-19-10(2)22-25(15)17/h3-7H,8H2,1-2H3,(H,18,21,23). The topological polar surface area (TPSA) is 106 Å². The van der Waals surface area contributed by atoms with Crippen molar-refractivity contribution in [2.24, 2.45) is 0 Å². The quantitative estimate of drug-likeness (QED) is 0.377. The number of nitrogens with one attached hydrogen (secondary N) is 1. The fraction of sp³-hybridized carbons (Fsp3) is 0.176. The van der Waals surface area contributed by atoms with Gasteiger partial charge in [-0.3, -0.25) is 9.89 Å². The second-order valence-electron chi connectivity index (χ2n) is 6.14. The van der Waals surface area contributed by atoms with Crippen LogP contribution < -0.4 is 5.56 Å². The maximum absolute atomic E-state index is 12.0. The van der Waals surface area contributed by atoms with Gasteiger partial charge in [-0.1, -0.05) is 23.9 Å². The Bertz CT molecular complexity index is 1380. The molecule has 5 rings (SSSR count). The summed E-state index contributed by atoms with van der Waals surface area (Å²) < 4.78 is 3.09. The number of H-pyrrole nitrogens is 1. The summed E-state index contributed by atoms with van der Waals surface area (Å²) in [6.07, 6.45) is 0. The van der Waals surface area contributed by atoms with E-state index < -0.39 is 0 Å². The molecule has 4 heterocycles. The molecule has 1 aromatic carbocycles. The molecule has 10 heteroatoms. The summed E-state index contributed by atoms with van der Waals surface area (Å²) in [4.78, 5) is 29.9. The van der Waals surface area contributed by atoms with Gasteiger partial charge < -0.3 is 0 Å². The van der Waals surface area contributed by atoms with Crippen molar-refractivity contribution in [3.8, 4) is 0 Å². The number of para-hydroxylation sites is 1. The van der Waals surface area contributed by atoms with Crippen molar-refractivity contribution in [3.05, 3.63) is 58.0 Å². The molecule has 0 aliphatic rings. The second kappa shape index (κ2) is 5.88. The van der Waals surface area contributed by atoms with Crippen LogP contribution in [0.25, 0.3) is 22.3 Å². The molecule has 0 bridgehead atoms. The first-order chi connectivity index (χ1) is 13.1. The van der Waals surface area contributed by atoms with E-state index in [-0.39, 0.29) is 5.56 Å². The van der Waals surface area contributed by atoms with Crippen LogP contribution in [0.5, 0.6) is 0 Å². The van der Waals surface area contributed by atoms with Gasteiger partial charge in [0.25, 0.3) is 11.3 Å². The van der Waals surface area contributed by atoms with E-state index in [1.807, 2.05) is 31.2 Å². The zero-order chi connectivity index (χ0) is 18.5. The van der Waals surface area contributed by atoms with Gasteiger partial charge in [0, 0.05) is 17.1 Å². The molecule has 0 aliphatic heterocycles. The highest BCUT2D eigenvalue weighted by Crippen LogP contribution is 2.25. The Morgan fingerprint density at radius 1 is 1.11 bits per heavy atom. The van der Waals surface area contributed by atoms with E-state index in [9.17, 15) is 4.79 Å². The highest BCUT2D eigenvalue weighted by molar-refractivity contribution is 7.98. The second-order valence-corrected chi connectivity index (χ2v) is 7.08. The molecule has 0 atom stereocenters. The van der Waals surface area contributed by atoms with Crippen molar-refractivity contribution in [2.45, 2.75) is 24.8 Å². The van der Waals surface area contributed by atoms with Crippen molar-refractivity contribution in [3.63, 3.8) is 0 Å². The van der Waals surface area contributed by atoms with Gasteiger partial charge in [-0.15, -0.1) is 5.10 Å². The molecule has 9 nitrogen and oxygen atoms in total. The molecule has 134 valence electrons. The maximum Gasteiger partial charge on any atom is 0.274 e. The zero-order valence-electron chi connectivity index (χ0n) is 14.5. The lowest BCUT2D eigenvalue weighted by molar-refractivity contribution is 0.795. The summed E-state index contributed by atoms with van der Waals surface area (Å²) in [5, 5.41) is 9.12. The monoisotopic (exact) mass is 378 g/mol. The van der Waals surface area contributed by atoms with Crippen LogP contribution in [-0.4, -0.2) is 39.2 Å². The number of fused-ring (bicyclic) bond motifs is 4. The minimum absolute atomic E-state index is 0.181. The molecule has 5 aromatic rings. The summed E-state index contributed by atoms with van der Waals surface area (Å²) in [7, 11) is 0. The summed E-state index contributed by atoms with van der Waals surface area (Å²) >= 11 is 1.47. The van der Waals surface area contributed by atoms with Crippen LogP contribution in [0.2, 0.25) is 0 Å². The Labute approximate surface area is 156 Å². The van der Waals surface area contributed by atoms with Crippen LogP contribution in [0.4, 0.5) is 0 Å². The highest BCUT2D eigenvalue weighted by atomic mass is 32.2. The predicted molar refractivity (Wildman–Crippen MR) is 101 cm³/mol. The predicted octanol–water partition coefficient (Wildman–Crippen LogP) is 1.92. The lowest BCUT2D eigenvalue weighted by Gasteiger charge is -2.05. The summed E-state index contributed by atoms with van der Waals surface area (Å²) in [5.74, 6) is 2.17. The van der Waals surface area contributed by atoms with Crippen LogP contribution in [-0.2, 0) is 5.75 Å². The fourth-order valence-corrected chi connectivity index (χ4v) is 3.77. The van der Waals surface area contributed by atoms with Crippen LogP contribution >= 0.6 is 11.8 Å². The first-order valence-electron chi connectivity index (χ1n) is 8.29. The zero-order valence-corrected chi connectivity index (χ0v) is 15.4. The number of thioether (sulfide) groups is 1. The van der Waals surface area contributed by atoms with E-state index in [1.165, 1.54) is 22.3 Å². The van der Waals surface area contributed by atoms with Crippen LogP contribution in [0.15, 0.2) is 40.3 Å². The molecule has 27 heavy (non-hydrogen) atoms. The number of nitrogens with zero attached hydrogens (tertiary/aromatic N) is 7. The molecule has 0 saturated heterocycles. The number of rotatable bonds is 3. The number of hydrogen-bond donors (Lipinski definition) is 1. The summed E-state index contributed by atoms with van der Waals surface area (Å²) in [6.45, 7) is 3.63. The molecule has 0 fully saturated rings. The Hall–Kier alpha value is -3.27. The van der Waals surface area contributed by atoms with E-state index in [0.29, 0.717) is 34.0 Å².